The molecule has 1 heterocycles. The zero-order valence-electron chi connectivity index (χ0n) is 14.8. The van der Waals surface area contributed by atoms with Crippen LogP contribution >= 0.6 is 11.3 Å². The van der Waals surface area contributed by atoms with Crippen molar-refractivity contribution in [2.24, 2.45) is 0 Å². The Morgan fingerprint density at radius 3 is 2.58 bits per heavy atom. The van der Waals surface area contributed by atoms with Gasteiger partial charge in [-0.15, -0.1) is 10.2 Å². The fourth-order valence-corrected chi connectivity index (χ4v) is 3.15. The molecule has 3 rings (SSSR count). The van der Waals surface area contributed by atoms with E-state index in [9.17, 15) is 4.79 Å². The van der Waals surface area contributed by atoms with Gasteiger partial charge in [-0.1, -0.05) is 29.0 Å². The first kappa shape index (κ1) is 17.9. The van der Waals surface area contributed by atoms with Gasteiger partial charge < -0.3 is 9.47 Å². The maximum absolute atomic E-state index is 12.1. The first-order chi connectivity index (χ1) is 12.5. The van der Waals surface area contributed by atoms with E-state index in [0.29, 0.717) is 10.9 Å². The Morgan fingerprint density at radius 1 is 1.12 bits per heavy atom. The highest BCUT2D eigenvalue weighted by Gasteiger charge is 2.11. The van der Waals surface area contributed by atoms with Crippen molar-refractivity contribution in [3.8, 4) is 22.1 Å². The number of nitrogens with zero attached hydrogens (tertiary/aromatic N) is 2. The highest BCUT2D eigenvalue weighted by molar-refractivity contribution is 7.18. The monoisotopic (exact) mass is 369 g/mol. The number of hydrogen-bond donors (Lipinski definition) is 1. The second-order valence-electron chi connectivity index (χ2n) is 5.75. The molecule has 2 aromatic carbocycles. The second kappa shape index (κ2) is 7.97. The van der Waals surface area contributed by atoms with Crippen LogP contribution < -0.4 is 14.8 Å². The number of ether oxygens (including phenoxy) is 2. The van der Waals surface area contributed by atoms with Crippen molar-refractivity contribution in [1.29, 1.82) is 0 Å². The zero-order valence-corrected chi connectivity index (χ0v) is 15.6. The van der Waals surface area contributed by atoms with Crippen LogP contribution in [-0.4, -0.2) is 29.8 Å². The van der Waals surface area contributed by atoms with E-state index in [2.05, 4.69) is 15.5 Å². The summed E-state index contributed by atoms with van der Waals surface area (Å²) in [7, 11) is 1.62. The Balaban J connectivity index is 1.58. The highest BCUT2D eigenvalue weighted by Crippen LogP contribution is 2.27. The van der Waals surface area contributed by atoms with E-state index in [-0.39, 0.29) is 12.5 Å². The summed E-state index contributed by atoms with van der Waals surface area (Å²) < 4.78 is 10.7. The molecule has 0 unspecified atom stereocenters. The lowest BCUT2D eigenvalue weighted by Crippen LogP contribution is -2.20. The molecular formula is C19H19N3O3S. The molecule has 0 fully saturated rings. The average molecular weight is 369 g/mol. The Bertz CT molecular complexity index is 907. The van der Waals surface area contributed by atoms with Crippen molar-refractivity contribution in [3.05, 3.63) is 53.6 Å². The fourth-order valence-electron chi connectivity index (χ4n) is 2.38. The van der Waals surface area contributed by atoms with Crippen LogP contribution in [-0.2, 0) is 4.79 Å². The van der Waals surface area contributed by atoms with Crippen LogP contribution in [0.25, 0.3) is 10.6 Å². The smallest absolute Gasteiger partial charge is 0.264 e. The van der Waals surface area contributed by atoms with Gasteiger partial charge in [-0.3, -0.25) is 10.1 Å². The van der Waals surface area contributed by atoms with Gasteiger partial charge in [-0.2, -0.15) is 0 Å². The van der Waals surface area contributed by atoms with E-state index in [4.69, 9.17) is 9.47 Å². The number of rotatable bonds is 6. The van der Waals surface area contributed by atoms with Crippen LogP contribution in [0.5, 0.6) is 11.5 Å². The average Bonchev–Trinajstić information content (AvgIpc) is 3.09. The van der Waals surface area contributed by atoms with Crippen LogP contribution in [0.4, 0.5) is 5.13 Å². The van der Waals surface area contributed by atoms with Crippen molar-refractivity contribution >= 4 is 22.4 Å². The number of aryl methyl sites for hydroxylation is 2. The predicted molar refractivity (Wildman–Crippen MR) is 102 cm³/mol. The number of carbonyl (C=O) groups excluding carboxylic acids is 1. The van der Waals surface area contributed by atoms with Crippen molar-refractivity contribution < 1.29 is 14.3 Å². The minimum absolute atomic E-state index is 0.0820. The topological polar surface area (TPSA) is 73.3 Å². The van der Waals surface area contributed by atoms with Crippen molar-refractivity contribution in [3.63, 3.8) is 0 Å². The number of hydrogen-bond acceptors (Lipinski definition) is 6. The van der Waals surface area contributed by atoms with E-state index >= 15 is 0 Å². The second-order valence-corrected chi connectivity index (χ2v) is 6.72. The third kappa shape index (κ3) is 4.37. The van der Waals surface area contributed by atoms with Crippen LogP contribution in [0, 0.1) is 13.8 Å². The highest BCUT2D eigenvalue weighted by atomic mass is 32.1. The van der Waals surface area contributed by atoms with Gasteiger partial charge in [0.2, 0.25) is 5.13 Å². The molecule has 0 bridgehead atoms. The maximum Gasteiger partial charge on any atom is 0.264 e. The quantitative estimate of drug-likeness (QED) is 0.714. The fraction of sp³-hybridized carbons (Fsp3) is 0.211. The Labute approximate surface area is 155 Å². The summed E-state index contributed by atoms with van der Waals surface area (Å²) >= 11 is 1.30. The largest absolute Gasteiger partial charge is 0.497 e. The molecule has 134 valence electrons. The lowest BCUT2D eigenvalue weighted by atomic mass is 10.1. The van der Waals surface area contributed by atoms with Gasteiger partial charge in [-0.25, -0.2) is 0 Å². The van der Waals surface area contributed by atoms with E-state index < -0.39 is 0 Å². The van der Waals surface area contributed by atoms with Crippen LogP contribution in [0.3, 0.4) is 0 Å². The molecule has 26 heavy (non-hydrogen) atoms. The summed E-state index contributed by atoms with van der Waals surface area (Å²) in [5.41, 5.74) is 3.06. The molecule has 3 aromatic rings. The Hall–Kier alpha value is -2.93. The van der Waals surface area contributed by atoms with Crippen LogP contribution in [0.2, 0.25) is 0 Å². The standard InChI is InChI=1S/C19H19N3O3S/c1-12-4-9-16(13(2)10-12)25-11-17(23)20-19-22-21-18(26-19)14-5-7-15(24-3)8-6-14/h4-10H,11H2,1-3H3,(H,20,22,23). The molecule has 6 nitrogen and oxygen atoms in total. The Morgan fingerprint density at radius 2 is 1.88 bits per heavy atom. The summed E-state index contributed by atoms with van der Waals surface area (Å²) in [6.07, 6.45) is 0. The molecule has 7 heteroatoms. The van der Waals surface area contributed by atoms with Gasteiger partial charge in [0.05, 0.1) is 7.11 Å². The predicted octanol–water partition coefficient (Wildman–Crippen LogP) is 3.85. The first-order valence-electron chi connectivity index (χ1n) is 8.03. The third-order valence-corrected chi connectivity index (χ3v) is 4.59. The first-order valence-corrected chi connectivity index (χ1v) is 8.84. The number of benzene rings is 2. The molecular weight excluding hydrogens is 350 g/mol. The van der Waals surface area contributed by atoms with Gasteiger partial charge in [0.15, 0.2) is 6.61 Å². The van der Waals surface area contributed by atoms with E-state index in [1.165, 1.54) is 11.3 Å². The van der Waals surface area contributed by atoms with Gasteiger partial charge in [-0.05, 0) is 49.7 Å². The summed E-state index contributed by atoms with van der Waals surface area (Å²) in [5.74, 6) is 1.19. The third-order valence-electron chi connectivity index (χ3n) is 3.70. The van der Waals surface area contributed by atoms with E-state index in [1.807, 2.05) is 56.3 Å². The number of nitrogens with one attached hydrogen (secondary N) is 1. The number of amides is 1. The Kier molecular flexibility index (Phi) is 5.48. The number of aromatic nitrogens is 2. The molecule has 0 saturated heterocycles. The molecule has 0 aliphatic carbocycles. The SMILES string of the molecule is COc1ccc(-c2nnc(NC(=O)COc3ccc(C)cc3C)s2)cc1. The van der Waals surface area contributed by atoms with E-state index in [0.717, 1.165) is 27.4 Å². The summed E-state index contributed by atoms with van der Waals surface area (Å²) in [4.78, 5) is 12.1. The lowest BCUT2D eigenvalue weighted by molar-refractivity contribution is -0.118. The normalized spacial score (nSPS) is 10.4. The van der Waals surface area contributed by atoms with Gasteiger partial charge in [0.1, 0.15) is 16.5 Å². The molecule has 1 N–H and O–H groups in total. The number of anilines is 1. The summed E-state index contributed by atoms with van der Waals surface area (Å²) in [6.45, 7) is 3.88. The van der Waals surface area contributed by atoms with Gasteiger partial charge in [0, 0.05) is 5.56 Å². The summed E-state index contributed by atoms with van der Waals surface area (Å²) in [5, 5.41) is 12.0. The van der Waals surface area contributed by atoms with Crippen LogP contribution in [0.15, 0.2) is 42.5 Å². The van der Waals surface area contributed by atoms with Gasteiger partial charge in [0.25, 0.3) is 5.91 Å². The number of methoxy groups -OCH3 is 1. The molecule has 0 radical (unpaired) electrons. The molecule has 1 aromatic heterocycles. The van der Waals surface area contributed by atoms with Crippen molar-refractivity contribution in [1.82, 2.24) is 10.2 Å². The number of carbonyl (C=O) groups is 1. The van der Waals surface area contributed by atoms with E-state index in [1.54, 1.807) is 7.11 Å². The molecule has 0 aliphatic rings. The molecule has 0 aliphatic heterocycles. The molecule has 0 atom stereocenters. The lowest BCUT2D eigenvalue weighted by Gasteiger charge is -2.09. The van der Waals surface area contributed by atoms with Gasteiger partial charge >= 0.3 is 0 Å². The van der Waals surface area contributed by atoms with Crippen LogP contribution in [0.1, 0.15) is 11.1 Å². The van der Waals surface area contributed by atoms with Crippen molar-refractivity contribution in [2.45, 2.75) is 13.8 Å². The zero-order chi connectivity index (χ0) is 18.5. The summed E-state index contributed by atoms with van der Waals surface area (Å²) in [6, 6.07) is 13.3. The van der Waals surface area contributed by atoms with Crippen molar-refractivity contribution in [2.75, 3.05) is 19.0 Å². The maximum atomic E-state index is 12.1. The molecule has 0 spiro atoms. The molecule has 0 saturated carbocycles. The minimum atomic E-state index is -0.276. The minimum Gasteiger partial charge on any atom is -0.497 e. The molecule has 1 amide bonds.